The minimum absolute atomic E-state index is 0.0458. The van der Waals surface area contributed by atoms with Gasteiger partial charge in [-0.2, -0.15) is 0 Å². The molecule has 0 aromatic heterocycles. The Morgan fingerprint density at radius 2 is 1.57 bits per heavy atom. The summed E-state index contributed by atoms with van der Waals surface area (Å²) in [7, 11) is 0. The molecular formula is C20H38O3. The van der Waals surface area contributed by atoms with Crippen molar-refractivity contribution in [3.63, 3.8) is 0 Å². The highest BCUT2D eigenvalue weighted by Crippen LogP contribution is 2.42. The van der Waals surface area contributed by atoms with E-state index in [0.29, 0.717) is 6.10 Å². The third-order valence-electron chi connectivity index (χ3n) is 5.80. The van der Waals surface area contributed by atoms with E-state index in [-0.39, 0.29) is 11.7 Å². The van der Waals surface area contributed by atoms with E-state index in [4.69, 9.17) is 14.2 Å². The fourth-order valence-electron chi connectivity index (χ4n) is 4.14. The highest BCUT2D eigenvalue weighted by Gasteiger charge is 2.41. The van der Waals surface area contributed by atoms with Crippen molar-refractivity contribution in [1.82, 2.24) is 0 Å². The van der Waals surface area contributed by atoms with E-state index in [1.165, 1.54) is 57.8 Å². The molecule has 2 rings (SSSR count). The van der Waals surface area contributed by atoms with Crippen LogP contribution in [0.4, 0.5) is 0 Å². The minimum Gasteiger partial charge on any atom is -0.379 e. The largest absolute Gasteiger partial charge is 0.379 e. The standard InChI is InChI=1S/C20H38O3/c1-4-6-7-8-9-10-19-22-15-20(3,16-23-19)17-11-13-18(14-12-17)21-5-2/h17-19H,4-16H2,1-3H3/t17?,18?,19-,20+. The highest BCUT2D eigenvalue weighted by molar-refractivity contribution is 4.88. The number of unbranched alkanes of at least 4 members (excludes halogenated alkanes) is 4. The molecule has 0 spiro atoms. The lowest BCUT2D eigenvalue weighted by molar-refractivity contribution is -0.242. The zero-order valence-corrected chi connectivity index (χ0v) is 15.6. The van der Waals surface area contributed by atoms with Crippen molar-refractivity contribution in [3.05, 3.63) is 0 Å². The van der Waals surface area contributed by atoms with Crippen molar-refractivity contribution in [2.24, 2.45) is 11.3 Å². The van der Waals surface area contributed by atoms with Gasteiger partial charge in [0.2, 0.25) is 0 Å². The van der Waals surface area contributed by atoms with Crippen molar-refractivity contribution in [3.8, 4) is 0 Å². The van der Waals surface area contributed by atoms with Crippen LogP contribution in [-0.2, 0) is 14.2 Å². The second kappa shape index (κ2) is 10.0. The molecule has 0 amide bonds. The molecule has 0 N–H and O–H groups in total. The summed E-state index contributed by atoms with van der Waals surface area (Å²) in [6.45, 7) is 9.30. The zero-order valence-electron chi connectivity index (χ0n) is 15.6. The average Bonchev–Trinajstić information content (AvgIpc) is 2.57. The summed E-state index contributed by atoms with van der Waals surface area (Å²) in [5.41, 5.74) is 0.204. The summed E-state index contributed by atoms with van der Waals surface area (Å²) in [4.78, 5) is 0. The zero-order chi connectivity index (χ0) is 16.5. The van der Waals surface area contributed by atoms with Gasteiger partial charge in [0.05, 0.1) is 19.3 Å². The van der Waals surface area contributed by atoms with Gasteiger partial charge < -0.3 is 14.2 Å². The molecule has 1 heterocycles. The van der Waals surface area contributed by atoms with Crippen LogP contribution in [0.3, 0.4) is 0 Å². The van der Waals surface area contributed by atoms with Gasteiger partial charge in [0, 0.05) is 12.0 Å². The van der Waals surface area contributed by atoms with Crippen LogP contribution in [0.15, 0.2) is 0 Å². The van der Waals surface area contributed by atoms with Crippen LogP contribution >= 0.6 is 0 Å². The molecule has 136 valence electrons. The maximum Gasteiger partial charge on any atom is 0.157 e. The first kappa shape index (κ1) is 19.2. The summed E-state index contributed by atoms with van der Waals surface area (Å²) in [5.74, 6) is 0.727. The van der Waals surface area contributed by atoms with Crippen LogP contribution in [-0.4, -0.2) is 32.2 Å². The lowest BCUT2D eigenvalue weighted by Gasteiger charge is -2.45. The van der Waals surface area contributed by atoms with Crippen LogP contribution in [0.25, 0.3) is 0 Å². The van der Waals surface area contributed by atoms with Crippen molar-refractivity contribution in [2.45, 2.75) is 97.4 Å². The first-order valence-electron chi connectivity index (χ1n) is 10.0. The van der Waals surface area contributed by atoms with Gasteiger partial charge in [0.25, 0.3) is 0 Å². The summed E-state index contributed by atoms with van der Waals surface area (Å²) in [6.07, 6.45) is 13.1. The molecule has 0 bridgehead atoms. The second-order valence-electron chi connectivity index (χ2n) is 7.84. The molecule has 1 saturated carbocycles. The van der Waals surface area contributed by atoms with Gasteiger partial charge in [-0.3, -0.25) is 0 Å². The second-order valence-corrected chi connectivity index (χ2v) is 7.84. The summed E-state index contributed by atoms with van der Waals surface area (Å²) in [5, 5.41) is 0. The Morgan fingerprint density at radius 1 is 0.913 bits per heavy atom. The molecule has 3 heteroatoms. The fourth-order valence-corrected chi connectivity index (χ4v) is 4.14. The molecule has 0 atom stereocenters. The normalized spacial score (nSPS) is 35.3. The molecule has 0 radical (unpaired) electrons. The van der Waals surface area contributed by atoms with Crippen LogP contribution in [0.1, 0.15) is 85.0 Å². The Bertz CT molecular complexity index is 302. The topological polar surface area (TPSA) is 27.7 Å². The third-order valence-corrected chi connectivity index (χ3v) is 5.80. The van der Waals surface area contributed by atoms with Crippen molar-refractivity contribution < 1.29 is 14.2 Å². The molecule has 2 fully saturated rings. The third kappa shape index (κ3) is 6.03. The Kier molecular flexibility index (Phi) is 8.35. The quantitative estimate of drug-likeness (QED) is 0.537. The average molecular weight is 327 g/mol. The minimum atomic E-state index is 0.0458. The van der Waals surface area contributed by atoms with Gasteiger partial charge >= 0.3 is 0 Å². The first-order valence-corrected chi connectivity index (χ1v) is 10.0. The molecule has 2 aliphatic rings. The maximum atomic E-state index is 6.07. The predicted molar refractivity (Wildman–Crippen MR) is 94.5 cm³/mol. The molecule has 3 nitrogen and oxygen atoms in total. The lowest BCUT2D eigenvalue weighted by Crippen LogP contribution is -2.46. The Labute approximate surface area is 143 Å². The molecule has 0 aromatic carbocycles. The SMILES string of the molecule is CCCCCCC[C@H]1OC[C@@](C)(C2CCC(OCC)CC2)CO1. The molecule has 1 aliphatic carbocycles. The van der Waals surface area contributed by atoms with Crippen LogP contribution in [0.2, 0.25) is 0 Å². The van der Waals surface area contributed by atoms with Crippen molar-refractivity contribution >= 4 is 0 Å². The van der Waals surface area contributed by atoms with Crippen LogP contribution in [0, 0.1) is 11.3 Å². The number of rotatable bonds is 9. The number of hydrogen-bond acceptors (Lipinski definition) is 3. The van der Waals surface area contributed by atoms with Gasteiger partial charge in [-0.1, -0.05) is 39.5 Å². The van der Waals surface area contributed by atoms with Crippen LogP contribution < -0.4 is 0 Å². The molecule has 1 aliphatic heterocycles. The van der Waals surface area contributed by atoms with Crippen LogP contribution in [0.5, 0.6) is 0 Å². The lowest BCUT2D eigenvalue weighted by atomic mass is 9.70. The van der Waals surface area contributed by atoms with E-state index in [1.807, 2.05) is 0 Å². The van der Waals surface area contributed by atoms with E-state index < -0.39 is 0 Å². The van der Waals surface area contributed by atoms with Gasteiger partial charge in [-0.15, -0.1) is 0 Å². The molecule has 23 heavy (non-hydrogen) atoms. The summed E-state index contributed by atoms with van der Waals surface area (Å²) in [6, 6.07) is 0. The molecular weight excluding hydrogens is 288 g/mol. The molecule has 0 unspecified atom stereocenters. The van der Waals surface area contributed by atoms with Gasteiger partial charge in [-0.25, -0.2) is 0 Å². The molecule has 0 aromatic rings. The number of hydrogen-bond donors (Lipinski definition) is 0. The predicted octanol–water partition coefficient (Wildman–Crippen LogP) is 5.32. The van der Waals surface area contributed by atoms with Gasteiger partial charge in [0.1, 0.15) is 0 Å². The highest BCUT2D eigenvalue weighted by atomic mass is 16.7. The monoisotopic (exact) mass is 326 g/mol. The first-order chi connectivity index (χ1) is 11.2. The van der Waals surface area contributed by atoms with E-state index in [2.05, 4.69) is 20.8 Å². The maximum absolute atomic E-state index is 6.07. The van der Waals surface area contributed by atoms with Gasteiger partial charge in [0.15, 0.2) is 6.29 Å². The van der Waals surface area contributed by atoms with E-state index in [0.717, 1.165) is 32.2 Å². The molecule has 1 saturated heterocycles. The summed E-state index contributed by atoms with van der Waals surface area (Å²) >= 11 is 0. The smallest absolute Gasteiger partial charge is 0.157 e. The van der Waals surface area contributed by atoms with Crippen molar-refractivity contribution in [1.29, 1.82) is 0 Å². The van der Waals surface area contributed by atoms with E-state index in [9.17, 15) is 0 Å². The van der Waals surface area contributed by atoms with Crippen molar-refractivity contribution in [2.75, 3.05) is 19.8 Å². The number of ether oxygens (including phenoxy) is 3. The Balaban J connectivity index is 1.64. The van der Waals surface area contributed by atoms with E-state index in [1.54, 1.807) is 0 Å². The Hall–Kier alpha value is -0.120. The summed E-state index contributed by atoms with van der Waals surface area (Å²) < 4.78 is 17.9. The fraction of sp³-hybridized carbons (Fsp3) is 1.00. The Morgan fingerprint density at radius 3 is 2.17 bits per heavy atom. The van der Waals surface area contributed by atoms with E-state index >= 15 is 0 Å². The van der Waals surface area contributed by atoms with Gasteiger partial charge in [-0.05, 0) is 51.4 Å².